The fourth-order valence-corrected chi connectivity index (χ4v) is 7.61. The van der Waals surface area contributed by atoms with Crippen molar-refractivity contribution in [3.8, 4) is 5.75 Å². The Labute approximate surface area is 218 Å². The lowest BCUT2D eigenvalue weighted by molar-refractivity contribution is 0.0696. The second kappa shape index (κ2) is 9.39. The largest absolute Gasteiger partial charge is 0.496 e. The van der Waals surface area contributed by atoms with Crippen LogP contribution in [0.2, 0.25) is 0 Å². The molecule has 196 valence electrons. The SMILES string of the molecule is COc1ccc(C2CCCCC2)c2c1cc1n2C=c2c(C(=O)O)c[nH]c2=C2CCC(CN(C)C)C(C)[C@@H]21. The standard InChI is InChI=1S/C31H39N3O3/c1-18-20(16-33(2)3)10-11-22-28(18)26-14-23-27(37-4)13-12-21(19-8-6-5-7-9-19)30(23)34(26)17-25-24(31(35)36)15-32-29(22)25/h12-15,17-20,28,32H,5-11,16H2,1-4H3,(H,35,36)/t18?,20?,28-/m0/s1. The molecule has 2 aromatic heterocycles. The molecule has 37 heavy (non-hydrogen) atoms. The van der Waals surface area contributed by atoms with Gasteiger partial charge in [0, 0.05) is 46.5 Å². The number of aromatic carboxylic acids is 1. The highest BCUT2D eigenvalue weighted by atomic mass is 16.5. The number of methoxy groups -OCH3 is 1. The zero-order chi connectivity index (χ0) is 25.8. The Kier molecular flexibility index (Phi) is 6.18. The number of benzene rings is 1. The maximum atomic E-state index is 12.3. The number of carbonyl (C=O) groups is 1. The first kappa shape index (κ1) is 24.4. The Morgan fingerprint density at radius 3 is 2.68 bits per heavy atom. The van der Waals surface area contributed by atoms with E-state index in [9.17, 15) is 9.90 Å². The van der Waals surface area contributed by atoms with Gasteiger partial charge in [-0.1, -0.05) is 32.3 Å². The summed E-state index contributed by atoms with van der Waals surface area (Å²) in [5.41, 5.74) is 5.54. The number of carboxylic acid groups (broad SMARTS) is 1. The van der Waals surface area contributed by atoms with Gasteiger partial charge in [0.05, 0.1) is 18.2 Å². The number of fused-ring (bicyclic) bond motifs is 6. The van der Waals surface area contributed by atoms with Crippen LogP contribution in [-0.2, 0) is 0 Å². The van der Waals surface area contributed by atoms with Gasteiger partial charge >= 0.3 is 5.97 Å². The van der Waals surface area contributed by atoms with Gasteiger partial charge in [0.15, 0.2) is 0 Å². The van der Waals surface area contributed by atoms with Gasteiger partial charge in [-0.05, 0) is 80.8 Å². The van der Waals surface area contributed by atoms with E-state index in [1.807, 2.05) is 0 Å². The molecular weight excluding hydrogens is 462 g/mol. The second-order valence-corrected chi connectivity index (χ2v) is 11.7. The quantitative estimate of drug-likeness (QED) is 0.524. The first-order valence-corrected chi connectivity index (χ1v) is 13.9. The molecule has 2 fully saturated rings. The van der Waals surface area contributed by atoms with Crippen LogP contribution in [0.25, 0.3) is 22.7 Å². The molecule has 6 heteroatoms. The third kappa shape index (κ3) is 3.92. The molecule has 0 saturated heterocycles. The van der Waals surface area contributed by atoms with E-state index in [4.69, 9.17) is 4.74 Å². The van der Waals surface area contributed by atoms with Crippen molar-refractivity contribution >= 4 is 28.6 Å². The van der Waals surface area contributed by atoms with Gasteiger partial charge in [-0.3, -0.25) is 0 Å². The smallest absolute Gasteiger partial charge is 0.337 e. The summed E-state index contributed by atoms with van der Waals surface area (Å²) in [6, 6.07) is 6.76. The summed E-state index contributed by atoms with van der Waals surface area (Å²) >= 11 is 0. The zero-order valence-corrected chi connectivity index (χ0v) is 22.5. The van der Waals surface area contributed by atoms with Gasteiger partial charge in [-0.15, -0.1) is 0 Å². The molecule has 2 N–H and O–H groups in total. The summed E-state index contributed by atoms with van der Waals surface area (Å²) < 4.78 is 8.25. The zero-order valence-electron chi connectivity index (χ0n) is 22.5. The molecule has 3 heterocycles. The number of aromatic amines is 1. The Morgan fingerprint density at radius 1 is 1.19 bits per heavy atom. The topological polar surface area (TPSA) is 70.5 Å². The molecule has 0 amide bonds. The van der Waals surface area contributed by atoms with Crippen LogP contribution in [0.1, 0.15) is 85.3 Å². The summed E-state index contributed by atoms with van der Waals surface area (Å²) in [5.74, 6) is 1.75. The lowest BCUT2D eigenvalue weighted by atomic mass is 9.68. The summed E-state index contributed by atoms with van der Waals surface area (Å²) in [6.07, 6.45) is 12.1. The molecular formula is C31H39N3O3. The van der Waals surface area contributed by atoms with E-state index < -0.39 is 5.97 Å². The number of carboxylic acids is 1. The lowest BCUT2D eigenvalue weighted by Gasteiger charge is -2.39. The van der Waals surface area contributed by atoms with Crippen LogP contribution in [0.4, 0.5) is 0 Å². The fourth-order valence-electron chi connectivity index (χ4n) is 7.61. The molecule has 0 radical (unpaired) electrons. The highest BCUT2D eigenvalue weighted by Crippen LogP contribution is 2.49. The van der Waals surface area contributed by atoms with Crippen LogP contribution in [0, 0.1) is 11.8 Å². The molecule has 0 bridgehead atoms. The van der Waals surface area contributed by atoms with Crippen molar-refractivity contribution in [2.24, 2.45) is 11.8 Å². The summed E-state index contributed by atoms with van der Waals surface area (Å²) in [5, 5.41) is 13.0. The molecule has 1 aromatic carbocycles. The van der Waals surface area contributed by atoms with E-state index in [2.05, 4.69) is 59.9 Å². The summed E-state index contributed by atoms with van der Waals surface area (Å²) in [6.45, 7) is 3.45. The van der Waals surface area contributed by atoms with Crippen molar-refractivity contribution in [1.29, 1.82) is 0 Å². The minimum atomic E-state index is -0.884. The van der Waals surface area contributed by atoms with Crippen LogP contribution in [-0.4, -0.2) is 53.3 Å². The normalized spacial score (nSPS) is 23.8. The highest BCUT2D eigenvalue weighted by Gasteiger charge is 2.39. The maximum Gasteiger partial charge on any atom is 0.337 e. The van der Waals surface area contributed by atoms with E-state index in [1.165, 1.54) is 54.5 Å². The van der Waals surface area contributed by atoms with Gasteiger partial charge in [-0.25, -0.2) is 4.79 Å². The molecule has 6 nitrogen and oxygen atoms in total. The predicted molar refractivity (Wildman–Crippen MR) is 148 cm³/mol. The van der Waals surface area contributed by atoms with Crippen molar-refractivity contribution in [3.63, 3.8) is 0 Å². The molecule has 1 aliphatic heterocycles. The van der Waals surface area contributed by atoms with Crippen LogP contribution in [0.5, 0.6) is 5.75 Å². The molecule has 0 spiro atoms. The van der Waals surface area contributed by atoms with Crippen LogP contribution < -0.4 is 15.3 Å². The number of ether oxygens (including phenoxy) is 1. The maximum absolute atomic E-state index is 12.3. The summed E-state index contributed by atoms with van der Waals surface area (Å²) in [4.78, 5) is 18.0. The molecule has 6 rings (SSSR count). The third-order valence-corrected chi connectivity index (χ3v) is 9.36. The van der Waals surface area contributed by atoms with Crippen molar-refractivity contribution < 1.29 is 14.6 Å². The van der Waals surface area contributed by atoms with Crippen molar-refractivity contribution in [2.45, 2.75) is 63.7 Å². The average Bonchev–Trinajstić information content (AvgIpc) is 3.44. The number of hydrogen-bond donors (Lipinski definition) is 2. The molecule has 2 unspecified atom stereocenters. The Morgan fingerprint density at radius 2 is 1.97 bits per heavy atom. The van der Waals surface area contributed by atoms with E-state index in [1.54, 1.807) is 13.3 Å². The minimum Gasteiger partial charge on any atom is -0.496 e. The van der Waals surface area contributed by atoms with Crippen LogP contribution in [0.15, 0.2) is 24.4 Å². The van der Waals surface area contributed by atoms with E-state index >= 15 is 0 Å². The van der Waals surface area contributed by atoms with Gasteiger partial charge in [0.2, 0.25) is 0 Å². The Bertz CT molecular complexity index is 1470. The van der Waals surface area contributed by atoms with E-state index in [0.29, 0.717) is 23.3 Å². The molecule has 3 atom stereocenters. The second-order valence-electron chi connectivity index (χ2n) is 11.7. The van der Waals surface area contributed by atoms with Crippen molar-refractivity contribution in [3.05, 3.63) is 51.8 Å². The Balaban J connectivity index is 1.67. The van der Waals surface area contributed by atoms with Crippen molar-refractivity contribution in [1.82, 2.24) is 14.5 Å². The number of aromatic nitrogens is 2. The van der Waals surface area contributed by atoms with Gasteiger partial charge < -0.3 is 24.3 Å². The molecule has 2 saturated carbocycles. The van der Waals surface area contributed by atoms with Gasteiger partial charge in [0.1, 0.15) is 5.75 Å². The first-order chi connectivity index (χ1) is 17.9. The predicted octanol–water partition coefficient (Wildman–Crippen LogP) is 4.87. The average molecular weight is 502 g/mol. The number of H-pyrrole nitrogens is 1. The van der Waals surface area contributed by atoms with E-state index in [0.717, 1.165) is 41.1 Å². The number of rotatable bonds is 5. The van der Waals surface area contributed by atoms with Crippen LogP contribution in [0.3, 0.4) is 0 Å². The third-order valence-electron chi connectivity index (χ3n) is 9.36. The monoisotopic (exact) mass is 501 g/mol. The molecule has 2 aliphatic carbocycles. The fraction of sp³-hybridized carbons (Fsp3) is 0.516. The number of nitrogens with one attached hydrogen (secondary N) is 1. The Hall–Kier alpha value is -2.99. The van der Waals surface area contributed by atoms with Crippen LogP contribution >= 0.6 is 0 Å². The van der Waals surface area contributed by atoms with Crippen molar-refractivity contribution in [2.75, 3.05) is 27.7 Å². The van der Waals surface area contributed by atoms with Gasteiger partial charge in [0.25, 0.3) is 0 Å². The first-order valence-electron chi connectivity index (χ1n) is 13.9. The lowest BCUT2D eigenvalue weighted by Crippen LogP contribution is -2.37. The number of nitrogens with zero attached hydrogens (tertiary/aromatic N) is 2. The van der Waals surface area contributed by atoms with E-state index in [-0.39, 0.29) is 5.92 Å². The number of hydrogen-bond acceptors (Lipinski definition) is 3. The minimum absolute atomic E-state index is 0.216. The molecule has 3 aliphatic rings. The summed E-state index contributed by atoms with van der Waals surface area (Å²) in [7, 11) is 6.07. The molecule has 3 aromatic rings. The highest BCUT2D eigenvalue weighted by molar-refractivity contribution is 5.94. The van der Waals surface area contributed by atoms with Gasteiger partial charge in [-0.2, -0.15) is 0 Å².